The average molecular weight is 618 g/mol. The summed E-state index contributed by atoms with van der Waals surface area (Å²) in [5, 5.41) is 2.12. The summed E-state index contributed by atoms with van der Waals surface area (Å²) in [5.41, 5.74) is -11.0. The fraction of sp³-hybridized carbons (Fsp3) is 0.440. The van der Waals surface area contributed by atoms with Gasteiger partial charge in [-0.15, -0.1) is 0 Å². The Morgan fingerprint density at radius 1 is 1.02 bits per heavy atom. The fourth-order valence-corrected chi connectivity index (χ4v) is 4.04. The number of rotatable bonds is 8. The van der Waals surface area contributed by atoms with Gasteiger partial charge in [-0.1, -0.05) is 12.1 Å². The highest BCUT2D eigenvalue weighted by Crippen LogP contribution is 2.42. The molecule has 0 fully saturated rings. The molecule has 2 rings (SSSR count). The lowest BCUT2D eigenvalue weighted by Gasteiger charge is -2.25. The Kier molecular flexibility index (Phi) is 9.95. The molecule has 0 aliphatic heterocycles. The zero-order chi connectivity index (χ0) is 31.6. The van der Waals surface area contributed by atoms with E-state index in [0.717, 1.165) is 18.2 Å². The minimum Gasteiger partial charge on any atom is -0.466 e. The van der Waals surface area contributed by atoms with Gasteiger partial charge in [-0.3, -0.25) is 4.79 Å². The molecule has 2 aromatic rings. The number of alkyl carbamates (subject to hydrolysis) is 1. The molecule has 0 aliphatic carbocycles. The van der Waals surface area contributed by atoms with Crippen molar-refractivity contribution in [3.8, 4) is 16.9 Å². The predicted molar refractivity (Wildman–Crippen MR) is 131 cm³/mol. The number of halogens is 7. The van der Waals surface area contributed by atoms with E-state index in [1.54, 1.807) is 0 Å². The number of alkyl halides is 6. The third-order valence-electron chi connectivity index (χ3n) is 5.15. The second kappa shape index (κ2) is 12.1. The van der Waals surface area contributed by atoms with Crippen LogP contribution in [0.5, 0.6) is 5.75 Å². The van der Waals surface area contributed by atoms with E-state index in [-0.39, 0.29) is 18.2 Å². The number of hydrogen-bond acceptors (Lipinski definition) is 7. The second-order valence-corrected chi connectivity index (χ2v) is 11.1. The molecule has 0 saturated carbocycles. The number of benzene rings is 2. The van der Waals surface area contributed by atoms with E-state index >= 15 is 4.39 Å². The van der Waals surface area contributed by atoms with Crippen LogP contribution >= 0.6 is 0 Å². The summed E-state index contributed by atoms with van der Waals surface area (Å²) >= 11 is 0. The lowest BCUT2D eigenvalue weighted by molar-refractivity contribution is -0.143. The van der Waals surface area contributed by atoms with E-state index < -0.39 is 85.7 Å². The van der Waals surface area contributed by atoms with Gasteiger partial charge in [0.2, 0.25) is 0 Å². The van der Waals surface area contributed by atoms with Gasteiger partial charge >= 0.3 is 33.9 Å². The van der Waals surface area contributed by atoms with E-state index in [4.69, 9.17) is 9.47 Å². The van der Waals surface area contributed by atoms with Crippen molar-refractivity contribution in [2.75, 3.05) is 6.61 Å². The minimum atomic E-state index is -6.26. The molecule has 0 bridgehead atoms. The van der Waals surface area contributed by atoms with Crippen LogP contribution in [0.15, 0.2) is 30.3 Å². The van der Waals surface area contributed by atoms with Crippen molar-refractivity contribution < 1.29 is 62.4 Å². The average Bonchev–Trinajstić information content (AvgIpc) is 2.76. The smallest absolute Gasteiger partial charge is 0.466 e. The van der Waals surface area contributed by atoms with Crippen LogP contribution in [-0.2, 0) is 30.6 Å². The largest absolute Gasteiger partial charge is 0.534 e. The molecule has 1 amide bonds. The number of nitrogens with one attached hydrogen (secondary N) is 1. The number of hydrogen-bond donors (Lipinski definition) is 1. The lowest BCUT2D eigenvalue weighted by atomic mass is 9.91. The van der Waals surface area contributed by atoms with E-state index in [1.807, 2.05) is 0 Å². The standard InChI is InChI=1S/C25H26F7NO7S/c1-6-38-19(34)12-17(33-22(35)39-23(3,4)5)15-10-14(11-16(21(15)26)24(27,28)29)20-13(2)8-7-9-18(20)40-41(36,37)25(30,31)32/h7-11,17H,6,12H2,1-5H3,(H,33,35)/t17-/m0/s1. The number of esters is 1. The van der Waals surface area contributed by atoms with Crippen molar-refractivity contribution in [2.45, 2.75) is 64.4 Å². The van der Waals surface area contributed by atoms with Crippen LogP contribution in [0.2, 0.25) is 0 Å². The molecule has 0 radical (unpaired) electrons. The van der Waals surface area contributed by atoms with E-state index in [1.165, 1.54) is 40.7 Å². The molecule has 41 heavy (non-hydrogen) atoms. The van der Waals surface area contributed by atoms with E-state index in [9.17, 15) is 44.3 Å². The zero-order valence-electron chi connectivity index (χ0n) is 22.3. The molecule has 1 N–H and O–H groups in total. The van der Waals surface area contributed by atoms with Gasteiger partial charge in [0, 0.05) is 11.1 Å². The first-order chi connectivity index (χ1) is 18.6. The molecule has 0 aromatic heterocycles. The Balaban J connectivity index is 2.86. The van der Waals surface area contributed by atoms with Gasteiger partial charge in [0.25, 0.3) is 0 Å². The third-order valence-corrected chi connectivity index (χ3v) is 6.12. The van der Waals surface area contributed by atoms with Gasteiger partial charge < -0.3 is 19.0 Å². The van der Waals surface area contributed by atoms with Crippen molar-refractivity contribution in [1.29, 1.82) is 0 Å². The molecule has 8 nitrogen and oxygen atoms in total. The number of carbonyl (C=O) groups is 2. The first-order valence-electron chi connectivity index (χ1n) is 11.7. The third kappa shape index (κ3) is 8.71. The predicted octanol–water partition coefficient (Wildman–Crippen LogP) is 6.57. The lowest BCUT2D eigenvalue weighted by Crippen LogP contribution is -2.36. The topological polar surface area (TPSA) is 108 Å². The highest BCUT2D eigenvalue weighted by atomic mass is 32.2. The quantitative estimate of drug-likeness (QED) is 0.155. The van der Waals surface area contributed by atoms with Crippen LogP contribution in [0, 0.1) is 12.7 Å². The maximum absolute atomic E-state index is 15.4. The molecule has 0 spiro atoms. The van der Waals surface area contributed by atoms with Crippen LogP contribution in [0.4, 0.5) is 35.5 Å². The van der Waals surface area contributed by atoms with Crippen molar-refractivity contribution in [3.05, 3.63) is 52.8 Å². The SMILES string of the molecule is CCOC(=O)C[C@H](NC(=O)OC(C)(C)C)c1cc(-c2c(C)cccc2OS(=O)(=O)C(F)(F)F)cc(C(F)(F)F)c1F. The molecule has 16 heteroatoms. The van der Waals surface area contributed by atoms with Crippen molar-refractivity contribution in [2.24, 2.45) is 0 Å². The van der Waals surface area contributed by atoms with Gasteiger partial charge in [-0.2, -0.15) is 34.8 Å². The van der Waals surface area contributed by atoms with Crippen LogP contribution in [0.3, 0.4) is 0 Å². The van der Waals surface area contributed by atoms with E-state index in [2.05, 4.69) is 9.50 Å². The summed E-state index contributed by atoms with van der Waals surface area (Å²) in [5.74, 6) is -3.95. The molecular formula is C25H26F7NO7S. The number of amides is 1. The van der Waals surface area contributed by atoms with Crippen LogP contribution in [-0.4, -0.2) is 38.2 Å². The van der Waals surface area contributed by atoms with Crippen LogP contribution in [0.25, 0.3) is 11.1 Å². The molecule has 1 atom stereocenters. The van der Waals surface area contributed by atoms with Gasteiger partial charge in [0.05, 0.1) is 24.6 Å². The Labute approximate surface area is 230 Å². The van der Waals surface area contributed by atoms with Crippen molar-refractivity contribution >= 4 is 22.2 Å². The summed E-state index contributed by atoms with van der Waals surface area (Å²) in [6.45, 7) is 6.88. The van der Waals surface area contributed by atoms with Gasteiger partial charge in [-0.05, 0) is 63.9 Å². The summed E-state index contributed by atoms with van der Waals surface area (Å²) < 4.78 is 134. The summed E-state index contributed by atoms with van der Waals surface area (Å²) in [4.78, 5) is 24.7. The summed E-state index contributed by atoms with van der Waals surface area (Å²) in [7, 11) is -6.26. The first-order valence-corrected chi connectivity index (χ1v) is 13.1. The first kappa shape index (κ1) is 33.6. The van der Waals surface area contributed by atoms with Gasteiger partial charge in [0.1, 0.15) is 11.4 Å². The zero-order valence-corrected chi connectivity index (χ0v) is 23.1. The maximum atomic E-state index is 15.4. The summed E-state index contributed by atoms with van der Waals surface area (Å²) in [6.07, 6.45) is -7.48. The highest BCUT2D eigenvalue weighted by Gasteiger charge is 2.49. The fourth-order valence-electron chi connectivity index (χ4n) is 3.57. The summed E-state index contributed by atoms with van der Waals surface area (Å²) in [6, 6.07) is 2.22. The number of ether oxygens (including phenoxy) is 2. The Bertz CT molecular complexity index is 1400. The van der Waals surface area contributed by atoms with Gasteiger partial charge in [0.15, 0.2) is 5.75 Å². The van der Waals surface area contributed by atoms with Crippen LogP contribution in [0.1, 0.15) is 56.8 Å². The van der Waals surface area contributed by atoms with Crippen LogP contribution < -0.4 is 9.50 Å². The molecule has 0 aliphatic rings. The normalized spacial score (nSPS) is 13.4. The molecular weight excluding hydrogens is 591 g/mol. The minimum absolute atomic E-state index is 0.0485. The number of aryl methyl sites for hydroxylation is 1. The Morgan fingerprint density at radius 2 is 1.63 bits per heavy atom. The second-order valence-electron chi connectivity index (χ2n) is 9.56. The number of carbonyl (C=O) groups excluding carboxylic acids is 2. The Morgan fingerprint density at radius 3 is 2.15 bits per heavy atom. The molecule has 0 saturated heterocycles. The molecule has 228 valence electrons. The highest BCUT2D eigenvalue weighted by molar-refractivity contribution is 7.88. The van der Waals surface area contributed by atoms with Gasteiger partial charge in [-0.25, -0.2) is 9.18 Å². The Hall–Kier alpha value is -3.56. The van der Waals surface area contributed by atoms with Crippen molar-refractivity contribution in [1.82, 2.24) is 5.32 Å². The molecule has 0 unspecified atom stereocenters. The monoisotopic (exact) mass is 617 g/mol. The maximum Gasteiger partial charge on any atom is 0.534 e. The van der Waals surface area contributed by atoms with Crippen molar-refractivity contribution in [3.63, 3.8) is 0 Å². The molecule has 2 aromatic carbocycles. The van der Waals surface area contributed by atoms with E-state index in [0.29, 0.717) is 0 Å². The molecule has 0 heterocycles.